The molecule has 1 aromatic heterocycles. The van der Waals surface area contributed by atoms with Crippen molar-refractivity contribution in [2.45, 2.75) is 61.3 Å². The third kappa shape index (κ3) is 3.70. The number of pyridine rings is 1. The minimum atomic E-state index is -0.129. The van der Waals surface area contributed by atoms with E-state index in [1.54, 1.807) is 0 Å². The molecule has 154 valence electrons. The number of aromatic nitrogens is 1. The maximum Gasteiger partial charge on any atom is 0.220 e. The quantitative estimate of drug-likeness (QED) is 0.416. The van der Waals surface area contributed by atoms with E-state index in [9.17, 15) is 4.39 Å². The molecule has 0 bridgehead atoms. The van der Waals surface area contributed by atoms with E-state index in [0.29, 0.717) is 34.9 Å². The highest BCUT2D eigenvalue weighted by Gasteiger charge is 2.24. The van der Waals surface area contributed by atoms with Crippen molar-refractivity contribution >= 4 is 10.8 Å². The molecule has 0 atom stereocenters. The Kier molecular flexibility index (Phi) is 5.46. The van der Waals surface area contributed by atoms with Gasteiger partial charge in [-0.05, 0) is 78.3 Å². The van der Waals surface area contributed by atoms with Gasteiger partial charge in [0.2, 0.25) is 5.69 Å². The first-order chi connectivity index (χ1) is 14.0. The summed E-state index contributed by atoms with van der Waals surface area (Å²) in [5.41, 5.74) is 6.62. The first-order valence-electron chi connectivity index (χ1n) is 11.2. The highest BCUT2D eigenvalue weighted by molar-refractivity contribution is 5.94. The van der Waals surface area contributed by atoms with E-state index in [2.05, 4.69) is 50.5 Å². The van der Waals surface area contributed by atoms with Gasteiger partial charge >= 0.3 is 0 Å². The van der Waals surface area contributed by atoms with Crippen LogP contribution in [0.15, 0.2) is 30.3 Å². The molecule has 29 heavy (non-hydrogen) atoms. The van der Waals surface area contributed by atoms with Crippen LogP contribution in [0.1, 0.15) is 62.9 Å². The molecule has 2 aromatic carbocycles. The van der Waals surface area contributed by atoms with E-state index in [0.717, 1.165) is 33.3 Å². The molecule has 0 spiro atoms. The zero-order valence-corrected chi connectivity index (χ0v) is 19.4. The van der Waals surface area contributed by atoms with Crippen LogP contribution in [0.4, 0.5) is 4.39 Å². The molecule has 0 radical (unpaired) electrons. The van der Waals surface area contributed by atoms with Crippen LogP contribution in [0.2, 0.25) is 0 Å². The fraction of sp³-hybridized carbons (Fsp3) is 0.444. The maximum absolute atomic E-state index is 14.5. The van der Waals surface area contributed by atoms with E-state index < -0.39 is 0 Å². The summed E-state index contributed by atoms with van der Waals surface area (Å²) in [4.78, 5) is 0. The summed E-state index contributed by atoms with van der Waals surface area (Å²) >= 11 is 0. The molecule has 0 saturated heterocycles. The van der Waals surface area contributed by atoms with E-state index in [1.807, 2.05) is 40.8 Å². The van der Waals surface area contributed by atoms with E-state index in [1.165, 1.54) is 5.56 Å². The highest BCUT2D eigenvalue weighted by atomic mass is 19.1. The first kappa shape index (κ1) is 20.1. The normalized spacial score (nSPS) is 12.5. The van der Waals surface area contributed by atoms with Gasteiger partial charge in [0, 0.05) is 13.0 Å². The molecule has 0 aliphatic heterocycles. The molecule has 0 N–H and O–H groups in total. The second-order valence-electron chi connectivity index (χ2n) is 9.24. The number of hydrogen-bond acceptors (Lipinski definition) is 0. The maximum atomic E-state index is 14.5. The summed E-state index contributed by atoms with van der Waals surface area (Å²) in [6.07, 6.45) is 0. The SMILES string of the molecule is [2H]c1c(C)[n+](C)c(-c2cc(C)c(F)c(C)c2C)c2ccc(C(C(C)C)C(C)C)cc12. The molecule has 0 aliphatic rings. The molecular formula is C27H35FN+. The third-order valence-corrected chi connectivity index (χ3v) is 6.53. The molecule has 0 unspecified atom stereocenters. The first-order valence-corrected chi connectivity index (χ1v) is 10.7. The zero-order chi connectivity index (χ0) is 22.5. The van der Waals surface area contributed by atoms with Crippen LogP contribution >= 0.6 is 0 Å². The van der Waals surface area contributed by atoms with Crippen LogP contribution < -0.4 is 4.57 Å². The minimum absolute atomic E-state index is 0.129. The van der Waals surface area contributed by atoms with Crippen molar-refractivity contribution in [1.82, 2.24) is 0 Å². The molecular weight excluding hydrogens is 357 g/mol. The van der Waals surface area contributed by atoms with Crippen LogP contribution in [0.3, 0.4) is 0 Å². The van der Waals surface area contributed by atoms with Crippen LogP contribution in [0.25, 0.3) is 22.0 Å². The fourth-order valence-corrected chi connectivity index (χ4v) is 4.87. The highest BCUT2D eigenvalue weighted by Crippen LogP contribution is 2.36. The predicted octanol–water partition coefficient (Wildman–Crippen LogP) is 7.10. The number of hydrogen-bond donors (Lipinski definition) is 0. The molecule has 3 aromatic rings. The number of fused-ring (bicyclic) bond motifs is 1. The van der Waals surface area contributed by atoms with Gasteiger partial charge in [0.05, 0.1) is 12.3 Å². The van der Waals surface area contributed by atoms with Crippen molar-refractivity contribution in [3.63, 3.8) is 0 Å². The molecule has 0 fully saturated rings. The molecule has 1 heterocycles. The smallest absolute Gasteiger partial charge is 0.206 e. The van der Waals surface area contributed by atoms with Crippen LogP contribution in [0, 0.1) is 45.3 Å². The molecule has 2 heteroatoms. The van der Waals surface area contributed by atoms with Gasteiger partial charge in [-0.3, -0.25) is 0 Å². The lowest BCUT2D eigenvalue weighted by molar-refractivity contribution is -0.665. The average Bonchev–Trinajstić information content (AvgIpc) is 2.68. The monoisotopic (exact) mass is 393 g/mol. The Balaban J connectivity index is 2.40. The Morgan fingerprint density at radius 3 is 2.14 bits per heavy atom. The van der Waals surface area contributed by atoms with Gasteiger partial charge in [0.1, 0.15) is 12.9 Å². The molecule has 0 aliphatic carbocycles. The van der Waals surface area contributed by atoms with Crippen molar-refractivity contribution in [2.24, 2.45) is 18.9 Å². The van der Waals surface area contributed by atoms with Gasteiger partial charge in [-0.25, -0.2) is 4.39 Å². The predicted molar refractivity (Wildman–Crippen MR) is 122 cm³/mol. The second kappa shape index (κ2) is 7.89. The second-order valence-corrected chi connectivity index (χ2v) is 9.24. The Labute approximate surface area is 177 Å². The van der Waals surface area contributed by atoms with Crippen LogP contribution in [-0.2, 0) is 7.05 Å². The topological polar surface area (TPSA) is 3.88 Å². The van der Waals surface area contributed by atoms with Crippen LogP contribution in [-0.4, -0.2) is 0 Å². The number of aryl methyl sites for hydroxylation is 1. The number of nitrogens with zero attached hydrogens (tertiary/aromatic N) is 1. The lowest BCUT2D eigenvalue weighted by Crippen LogP contribution is -2.35. The van der Waals surface area contributed by atoms with Crippen molar-refractivity contribution in [2.75, 3.05) is 0 Å². The molecule has 3 rings (SSSR count). The number of benzene rings is 2. The number of halogens is 1. The summed E-state index contributed by atoms with van der Waals surface area (Å²) in [6.45, 7) is 16.7. The summed E-state index contributed by atoms with van der Waals surface area (Å²) < 4.78 is 25.4. The lowest BCUT2D eigenvalue weighted by atomic mass is 9.79. The van der Waals surface area contributed by atoms with Crippen LogP contribution in [0.5, 0.6) is 0 Å². The lowest BCUT2D eigenvalue weighted by Gasteiger charge is -2.26. The van der Waals surface area contributed by atoms with Gasteiger partial charge in [0.25, 0.3) is 0 Å². The summed E-state index contributed by atoms with van der Waals surface area (Å²) in [5.74, 6) is 1.38. The Bertz CT molecular complexity index is 1120. The Morgan fingerprint density at radius 1 is 0.931 bits per heavy atom. The Hall–Kier alpha value is -2.22. The van der Waals surface area contributed by atoms with Crippen molar-refractivity contribution in [3.05, 3.63) is 64.1 Å². The molecule has 0 saturated carbocycles. The Morgan fingerprint density at radius 2 is 1.55 bits per heavy atom. The van der Waals surface area contributed by atoms with Gasteiger partial charge in [-0.15, -0.1) is 0 Å². The van der Waals surface area contributed by atoms with Gasteiger partial charge < -0.3 is 0 Å². The van der Waals surface area contributed by atoms with Gasteiger partial charge in [-0.1, -0.05) is 39.8 Å². The summed E-state index contributed by atoms with van der Waals surface area (Å²) in [7, 11) is 2.01. The van der Waals surface area contributed by atoms with Crippen molar-refractivity contribution < 1.29 is 10.3 Å². The standard InChI is InChI=1S/C27H35FN/c1-15(2)25(16(3)4)21-10-11-23-22(14-21)13-18(6)29(9)27(23)24-12-17(5)26(28)20(8)19(24)7/h10-16,25H,1-9H3/q+1/i13D. The van der Waals surface area contributed by atoms with Crippen molar-refractivity contribution in [1.29, 1.82) is 0 Å². The summed E-state index contributed by atoms with van der Waals surface area (Å²) in [5, 5.41) is 2.03. The van der Waals surface area contributed by atoms with Crippen molar-refractivity contribution in [3.8, 4) is 11.3 Å². The fourth-order valence-electron chi connectivity index (χ4n) is 4.87. The third-order valence-electron chi connectivity index (χ3n) is 6.53. The van der Waals surface area contributed by atoms with E-state index in [-0.39, 0.29) is 5.82 Å². The van der Waals surface area contributed by atoms with E-state index in [4.69, 9.17) is 1.37 Å². The number of rotatable bonds is 4. The van der Waals surface area contributed by atoms with E-state index >= 15 is 0 Å². The van der Waals surface area contributed by atoms with Gasteiger partial charge in [0.15, 0.2) is 5.69 Å². The van der Waals surface area contributed by atoms with Gasteiger partial charge in [-0.2, -0.15) is 4.57 Å². The summed E-state index contributed by atoms with van der Waals surface area (Å²) in [6, 6.07) is 9.14. The molecule has 0 amide bonds. The largest absolute Gasteiger partial charge is 0.220 e. The average molecular weight is 394 g/mol. The molecule has 1 nitrogen and oxygen atoms in total. The minimum Gasteiger partial charge on any atom is -0.206 e. The zero-order valence-electron chi connectivity index (χ0n) is 20.4.